The van der Waals surface area contributed by atoms with Gasteiger partial charge in [-0.05, 0) is 38.1 Å². The third-order valence-corrected chi connectivity index (χ3v) is 4.91. The second kappa shape index (κ2) is 6.38. The number of allylic oxidation sites excluding steroid dienone is 2. The van der Waals surface area contributed by atoms with Crippen LogP contribution in [-0.2, 0) is 14.3 Å². The molecule has 1 unspecified atom stereocenters. The lowest BCUT2D eigenvalue weighted by Gasteiger charge is -2.27. The molecule has 0 spiro atoms. The summed E-state index contributed by atoms with van der Waals surface area (Å²) < 4.78 is 12.5. The molecule has 0 saturated carbocycles. The number of carbonyl (C=O) groups excluding carboxylic acids is 1. The molecule has 1 aliphatic heterocycles. The monoisotopic (exact) mass is 340 g/mol. The second-order valence-corrected chi connectivity index (χ2v) is 6.69. The van der Waals surface area contributed by atoms with Gasteiger partial charge >= 0.3 is 5.97 Å². The highest BCUT2D eigenvalue weighted by atomic mass is 32.1. The van der Waals surface area contributed by atoms with Crippen LogP contribution in [0, 0.1) is 18.3 Å². The number of esters is 1. The van der Waals surface area contributed by atoms with Crippen LogP contribution in [0.1, 0.15) is 22.6 Å². The van der Waals surface area contributed by atoms with Gasteiger partial charge in [-0.15, -0.1) is 11.3 Å². The predicted octanol–water partition coefficient (Wildman–Crippen LogP) is 3.81. The zero-order valence-corrected chi connectivity index (χ0v) is 14.4. The lowest BCUT2D eigenvalue weighted by atomic mass is 9.87. The normalized spacial score (nSPS) is 17.5. The lowest BCUT2D eigenvalue weighted by molar-refractivity contribution is -0.136. The molecule has 3 heterocycles. The largest absolute Gasteiger partial charge is 0.466 e. The first-order chi connectivity index (χ1) is 11.6. The fourth-order valence-electron chi connectivity index (χ4n) is 2.76. The average Bonchev–Trinajstić information content (AvgIpc) is 3.24. The van der Waals surface area contributed by atoms with Crippen LogP contribution in [0.3, 0.4) is 0 Å². The number of thiophene rings is 1. The number of nitriles is 1. The first kappa shape index (κ1) is 16.1. The van der Waals surface area contributed by atoms with Crippen LogP contribution >= 0.6 is 11.3 Å². The molecule has 0 radical (unpaired) electrons. The van der Waals surface area contributed by atoms with E-state index in [4.69, 9.17) is 9.47 Å². The molecule has 1 aliphatic rings. The van der Waals surface area contributed by atoms with Gasteiger partial charge in [0.25, 0.3) is 0 Å². The number of hydrogen-bond donors (Lipinski definition) is 0. The van der Waals surface area contributed by atoms with Gasteiger partial charge in [-0.3, -0.25) is 4.57 Å². The number of methoxy groups -OCH3 is 1. The zero-order valence-electron chi connectivity index (χ0n) is 13.6. The van der Waals surface area contributed by atoms with Crippen LogP contribution in [-0.4, -0.2) is 17.6 Å². The molecular formula is C18H16N2O3S. The number of aromatic nitrogens is 1. The van der Waals surface area contributed by atoms with E-state index in [1.54, 1.807) is 35.2 Å². The predicted molar refractivity (Wildman–Crippen MR) is 90.9 cm³/mol. The van der Waals surface area contributed by atoms with Crippen LogP contribution < -0.4 is 0 Å². The third-order valence-electron chi connectivity index (χ3n) is 3.85. The maximum Gasteiger partial charge on any atom is 0.338 e. The summed E-state index contributed by atoms with van der Waals surface area (Å²) >= 11 is 1.55. The van der Waals surface area contributed by atoms with E-state index in [0.717, 1.165) is 9.75 Å². The molecule has 1 atom stereocenters. The summed E-state index contributed by atoms with van der Waals surface area (Å²) in [6.07, 6.45) is 3.61. The van der Waals surface area contributed by atoms with Crippen LogP contribution in [0.15, 0.2) is 53.6 Å². The zero-order chi connectivity index (χ0) is 17.3. The number of hydrogen-bond acceptors (Lipinski definition) is 5. The Morgan fingerprint density at radius 1 is 1.33 bits per heavy atom. The summed E-state index contributed by atoms with van der Waals surface area (Å²) in [6.45, 7) is 3.71. The van der Waals surface area contributed by atoms with Gasteiger partial charge in [0.1, 0.15) is 17.4 Å². The fraction of sp³-hybridized carbons (Fsp3) is 0.222. The molecule has 0 aromatic carbocycles. The van der Waals surface area contributed by atoms with Gasteiger partial charge in [0, 0.05) is 22.1 Å². The Morgan fingerprint density at radius 2 is 2.04 bits per heavy atom. The summed E-state index contributed by atoms with van der Waals surface area (Å²) in [6, 6.07) is 9.85. The van der Waals surface area contributed by atoms with Gasteiger partial charge in [0.2, 0.25) is 5.88 Å². The van der Waals surface area contributed by atoms with Crippen molar-refractivity contribution in [2.24, 2.45) is 0 Å². The minimum atomic E-state index is -0.493. The maximum absolute atomic E-state index is 12.3. The lowest BCUT2D eigenvalue weighted by Crippen LogP contribution is -2.23. The summed E-state index contributed by atoms with van der Waals surface area (Å²) in [7, 11) is 1.33. The topological polar surface area (TPSA) is 64.2 Å². The first-order valence-electron chi connectivity index (χ1n) is 7.37. The summed E-state index contributed by atoms with van der Waals surface area (Å²) in [5.41, 5.74) is 0.755. The van der Waals surface area contributed by atoms with Crippen molar-refractivity contribution >= 4 is 23.2 Å². The molecule has 0 fully saturated rings. The Morgan fingerprint density at radius 3 is 2.58 bits per heavy atom. The van der Waals surface area contributed by atoms with E-state index >= 15 is 0 Å². The van der Waals surface area contributed by atoms with Crippen LogP contribution in [0.4, 0.5) is 0 Å². The van der Waals surface area contributed by atoms with Gasteiger partial charge < -0.3 is 9.47 Å². The van der Waals surface area contributed by atoms with Gasteiger partial charge in [-0.2, -0.15) is 5.26 Å². The molecule has 3 rings (SSSR count). The number of rotatable bonds is 3. The maximum atomic E-state index is 12.3. The number of carbonyl (C=O) groups is 1. The molecule has 0 aliphatic carbocycles. The highest BCUT2D eigenvalue weighted by Gasteiger charge is 2.37. The van der Waals surface area contributed by atoms with Crippen molar-refractivity contribution in [3.63, 3.8) is 0 Å². The van der Waals surface area contributed by atoms with Crippen LogP contribution in [0.2, 0.25) is 0 Å². The molecule has 0 saturated heterocycles. The van der Waals surface area contributed by atoms with Crippen LogP contribution in [0.5, 0.6) is 0 Å². The summed E-state index contributed by atoms with van der Waals surface area (Å²) in [5, 5.41) is 9.79. The van der Waals surface area contributed by atoms with E-state index in [1.165, 1.54) is 7.11 Å². The highest BCUT2D eigenvalue weighted by Crippen LogP contribution is 2.44. The standard InChI is InChI=1S/C18H16N2O3S/c1-11-6-7-14(24-11)16-13(10-19)17(20-8-4-5-9-20)23-12(2)15(16)18(21)22-3/h4-9,16H,1-3H3. The van der Waals surface area contributed by atoms with E-state index in [-0.39, 0.29) is 0 Å². The summed E-state index contributed by atoms with van der Waals surface area (Å²) in [4.78, 5) is 14.4. The van der Waals surface area contributed by atoms with Crippen molar-refractivity contribution in [3.05, 3.63) is 63.3 Å². The Kier molecular flexibility index (Phi) is 4.28. The van der Waals surface area contributed by atoms with Crippen molar-refractivity contribution in [1.82, 2.24) is 4.57 Å². The molecule has 2 aromatic rings. The van der Waals surface area contributed by atoms with E-state index in [1.807, 2.05) is 31.2 Å². The SMILES string of the molecule is COC(=O)C1=C(C)OC(n2cccc2)=C(C#N)C1c1ccc(C)s1. The van der Waals surface area contributed by atoms with Gasteiger partial charge in [0.15, 0.2) is 0 Å². The number of aryl methyl sites for hydroxylation is 1. The molecule has 0 bridgehead atoms. The molecule has 122 valence electrons. The second-order valence-electron chi connectivity index (χ2n) is 5.37. The number of nitrogens with zero attached hydrogens (tertiary/aromatic N) is 2. The molecule has 0 N–H and O–H groups in total. The van der Waals surface area contributed by atoms with Crippen LogP contribution in [0.25, 0.3) is 5.88 Å². The van der Waals surface area contributed by atoms with Crippen molar-refractivity contribution in [3.8, 4) is 6.07 Å². The first-order valence-corrected chi connectivity index (χ1v) is 8.19. The fourth-order valence-corrected chi connectivity index (χ4v) is 3.76. The summed E-state index contributed by atoms with van der Waals surface area (Å²) in [5.74, 6) is -0.112. The third kappa shape index (κ3) is 2.63. The van der Waals surface area contributed by atoms with E-state index < -0.39 is 11.9 Å². The van der Waals surface area contributed by atoms with Gasteiger partial charge in [-0.25, -0.2) is 4.79 Å². The molecular weight excluding hydrogens is 324 g/mol. The van der Waals surface area contributed by atoms with E-state index in [9.17, 15) is 10.1 Å². The van der Waals surface area contributed by atoms with E-state index in [0.29, 0.717) is 22.8 Å². The molecule has 6 heteroatoms. The molecule has 0 amide bonds. The molecule has 24 heavy (non-hydrogen) atoms. The van der Waals surface area contributed by atoms with E-state index in [2.05, 4.69) is 6.07 Å². The average molecular weight is 340 g/mol. The minimum absolute atomic E-state index is 0.367. The Balaban J connectivity index is 2.23. The molecule has 5 nitrogen and oxygen atoms in total. The van der Waals surface area contributed by atoms with Crippen molar-refractivity contribution < 1.29 is 14.3 Å². The van der Waals surface area contributed by atoms with Gasteiger partial charge in [0.05, 0.1) is 18.6 Å². The Labute approximate surface area is 144 Å². The van der Waals surface area contributed by atoms with Crippen molar-refractivity contribution in [2.45, 2.75) is 19.8 Å². The van der Waals surface area contributed by atoms with Gasteiger partial charge in [-0.1, -0.05) is 0 Å². The van der Waals surface area contributed by atoms with Crippen molar-refractivity contribution in [2.75, 3.05) is 7.11 Å². The smallest absolute Gasteiger partial charge is 0.338 e. The highest BCUT2D eigenvalue weighted by molar-refractivity contribution is 7.12. The minimum Gasteiger partial charge on any atom is -0.466 e. The Hall–Kier alpha value is -2.78. The quantitative estimate of drug-likeness (QED) is 0.797. The van der Waals surface area contributed by atoms with Crippen molar-refractivity contribution in [1.29, 1.82) is 5.26 Å². The Bertz CT molecular complexity index is 882. The number of ether oxygens (including phenoxy) is 2. The molecule has 2 aromatic heterocycles.